The van der Waals surface area contributed by atoms with Crippen LogP contribution in [0.2, 0.25) is 0 Å². The molecule has 3 aliphatic carbocycles. The summed E-state index contributed by atoms with van der Waals surface area (Å²) in [4.78, 5) is 25.8. The summed E-state index contributed by atoms with van der Waals surface area (Å²) >= 11 is 0. The zero-order chi connectivity index (χ0) is 18.0. The van der Waals surface area contributed by atoms with Gasteiger partial charge < -0.3 is 19.5 Å². The first-order valence-electron chi connectivity index (χ1n) is 8.82. The van der Waals surface area contributed by atoms with Crippen LogP contribution in [0.15, 0.2) is 0 Å². The minimum atomic E-state index is -0.654. The molecular formula is C18H31NO5. The molecule has 3 rings (SSSR count). The normalized spacial score (nSPS) is 29.3. The first-order valence-corrected chi connectivity index (χ1v) is 8.82. The SMILES string of the molecule is COCCN(CC12CCC(C(=O)O)(CC1)CC2)C(=O)OC(C)(C)C. The lowest BCUT2D eigenvalue weighted by molar-refractivity contribution is -0.159. The predicted molar refractivity (Wildman–Crippen MR) is 89.9 cm³/mol. The highest BCUT2D eigenvalue weighted by atomic mass is 16.6. The Labute approximate surface area is 144 Å². The lowest BCUT2D eigenvalue weighted by Gasteiger charge is -2.52. The zero-order valence-electron chi connectivity index (χ0n) is 15.4. The maximum atomic E-state index is 12.5. The number of nitrogens with zero attached hydrogens (tertiary/aromatic N) is 1. The van der Waals surface area contributed by atoms with E-state index in [0.717, 1.165) is 38.5 Å². The van der Waals surface area contributed by atoms with Gasteiger partial charge in [0.1, 0.15) is 5.60 Å². The Bertz CT molecular complexity index is 458. The number of methoxy groups -OCH3 is 1. The lowest BCUT2D eigenvalue weighted by atomic mass is 9.53. The molecule has 0 spiro atoms. The van der Waals surface area contributed by atoms with Crippen LogP contribution in [0.1, 0.15) is 59.3 Å². The first kappa shape index (κ1) is 19.0. The number of carbonyl (C=O) groups is 2. The molecule has 0 aromatic heterocycles. The van der Waals surface area contributed by atoms with Crippen LogP contribution < -0.4 is 0 Å². The van der Waals surface area contributed by atoms with Gasteiger partial charge in [-0.1, -0.05) is 0 Å². The van der Waals surface area contributed by atoms with Crippen molar-refractivity contribution in [3.63, 3.8) is 0 Å². The molecular weight excluding hydrogens is 310 g/mol. The number of hydrogen-bond donors (Lipinski definition) is 1. The summed E-state index contributed by atoms with van der Waals surface area (Å²) < 4.78 is 10.7. The average Bonchev–Trinajstić information content (AvgIpc) is 2.51. The Morgan fingerprint density at radius 1 is 1.08 bits per heavy atom. The molecule has 138 valence electrons. The quantitative estimate of drug-likeness (QED) is 0.802. The van der Waals surface area contributed by atoms with E-state index in [4.69, 9.17) is 9.47 Å². The fourth-order valence-corrected chi connectivity index (χ4v) is 3.99. The van der Waals surface area contributed by atoms with Crippen molar-refractivity contribution in [3.8, 4) is 0 Å². The van der Waals surface area contributed by atoms with Gasteiger partial charge in [0.15, 0.2) is 0 Å². The standard InChI is InChI=1S/C18H31NO5/c1-16(2,3)24-15(22)19(11-12-23-4)13-17-5-8-18(9-6-17,10-7-17)14(20)21/h5-13H2,1-4H3,(H,20,21). The molecule has 3 fully saturated rings. The van der Waals surface area contributed by atoms with Gasteiger partial charge in [0.25, 0.3) is 0 Å². The van der Waals surface area contributed by atoms with Crippen molar-refractivity contribution in [2.45, 2.75) is 64.9 Å². The molecule has 3 saturated carbocycles. The number of carbonyl (C=O) groups excluding carboxylic acids is 1. The Morgan fingerprint density at radius 2 is 1.62 bits per heavy atom. The lowest BCUT2D eigenvalue weighted by Crippen LogP contribution is -2.52. The first-order chi connectivity index (χ1) is 11.1. The summed E-state index contributed by atoms with van der Waals surface area (Å²) in [6.45, 7) is 7.17. The number of hydrogen-bond acceptors (Lipinski definition) is 4. The monoisotopic (exact) mass is 341 g/mol. The summed E-state index contributed by atoms with van der Waals surface area (Å²) in [5.41, 5.74) is -1.02. The molecule has 2 bridgehead atoms. The van der Waals surface area contributed by atoms with Gasteiger partial charge in [0, 0.05) is 20.2 Å². The second-order valence-corrected chi connectivity index (χ2v) is 8.48. The summed E-state index contributed by atoms with van der Waals surface area (Å²) in [7, 11) is 1.62. The van der Waals surface area contributed by atoms with Gasteiger partial charge in [0.2, 0.25) is 0 Å². The van der Waals surface area contributed by atoms with Crippen LogP contribution in [0.3, 0.4) is 0 Å². The van der Waals surface area contributed by atoms with Crippen LogP contribution in [-0.4, -0.2) is 54.5 Å². The summed E-state index contributed by atoms with van der Waals surface area (Å²) in [6.07, 6.45) is 4.44. The molecule has 6 heteroatoms. The van der Waals surface area contributed by atoms with Crippen LogP contribution in [-0.2, 0) is 14.3 Å². The number of carboxylic acids is 1. The van der Waals surface area contributed by atoms with E-state index >= 15 is 0 Å². The van der Waals surface area contributed by atoms with Crippen molar-refractivity contribution in [1.29, 1.82) is 0 Å². The number of ether oxygens (including phenoxy) is 2. The average molecular weight is 341 g/mol. The van der Waals surface area contributed by atoms with E-state index in [9.17, 15) is 14.7 Å². The van der Waals surface area contributed by atoms with Crippen LogP contribution in [0, 0.1) is 10.8 Å². The van der Waals surface area contributed by atoms with E-state index in [0.29, 0.717) is 19.7 Å². The Balaban J connectivity index is 2.04. The maximum absolute atomic E-state index is 12.5. The molecule has 0 unspecified atom stereocenters. The van der Waals surface area contributed by atoms with Gasteiger partial charge in [-0.25, -0.2) is 4.79 Å². The van der Waals surface area contributed by atoms with E-state index in [2.05, 4.69) is 0 Å². The molecule has 1 N–H and O–H groups in total. The fraction of sp³-hybridized carbons (Fsp3) is 0.889. The number of carboxylic acid groups (broad SMARTS) is 1. The van der Waals surface area contributed by atoms with Crippen LogP contribution in [0.4, 0.5) is 4.79 Å². The number of amides is 1. The van der Waals surface area contributed by atoms with E-state index in [-0.39, 0.29) is 11.5 Å². The molecule has 0 saturated heterocycles. The largest absolute Gasteiger partial charge is 0.481 e. The van der Waals surface area contributed by atoms with Crippen molar-refractivity contribution in [3.05, 3.63) is 0 Å². The zero-order valence-corrected chi connectivity index (χ0v) is 15.4. The molecule has 3 aliphatic rings. The number of rotatable bonds is 6. The van der Waals surface area contributed by atoms with Gasteiger partial charge in [-0.2, -0.15) is 0 Å². The third-order valence-electron chi connectivity index (χ3n) is 5.60. The molecule has 0 radical (unpaired) electrons. The van der Waals surface area contributed by atoms with Crippen molar-refractivity contribution in [1.82, 2.24) is 4.90 Å². The molecule has 24 heavy (non-hydrogen) atoms. The minimum Gasteiger partial charge on any atom is -0.481 e. The van der Waals surface area contributed by atoms with Crippen molar-refractivity contribution < 1.29 is 24.2 Å². The Kier molecular flexibility index (Phi) is 5.47. The third-order valence-corrected chi connectivity index (χ3v) is 5.60. The van der Waals surface area contributed by atoms with Gasteiger partial charge in [0.05, 0.1) is 12.0 Å². The highest BCUT2D eigenvalue weighted by Crippen LogP contribution is 2.57. The van der Waals surface area contributed by atoms with Gasteiger partial charge in [-0.05, 0) is 64.7 Å². The molecule has 0 aromatic rings. The van der Waals surface area contributed by atoms with Crippen LogP contribution in [0.5, 0.6) is 0 Å². The number of aliphatic carboxylic acids is 1. The molecule has 0 heterocycles. The highest BCUT2D eigenvalue weighted by Gasteiger charge is 2.53. The van der Waals surface area contributed by atoms with Crippen LogP contribution >= 0.6 is 0 Å². The topological polar surface area (TPSA) is 76.1 Å². The van der Waals surface area contributed by atoms with Gasteiger partial charge >= 0.3 is 12.1 Å². The molecule has 0 aromatic carbocycles. The van der Waals surface area contributed by atoms with Gasteiger partial charge in [-0.15, -0.1) is 0 Å². The molecule has 6 nitrogen and oxygen atoms in total. The summed E-state index contributed by atoms with van der Waals surface area (Å²) in [5.74, 6) is -0.654. The van der Waals surface area contributed by atoms with Gasteiger partial charge in [-0.3, -0.25) is 4.79 Å². The molecule has 0 atom stereocenters. The Morgan fingerprint density at radius 3 is 2.04 bits per heavy atom. The fourth-order valence-electron chi connectivity index (χ4n) is 3.99. The predicted octanol–water partition coefficient (Wildman–Crippen LogP) is 3.30. The van der Waals surface area contributed by atoms with Crippen molar-refractivity contribution >= 4 is 12.1 Å². The minimum absolute atomic E-state index is 0.0296. The second-order valence-electron chi connectivity index (χ2n) is 8.48. The van der Waals surface area contributed by atoms with Crippen molar-refractivity contribution in [2.24, 2.45) is 10.8 Å². The van der Waals surface area contributed by atoms with Crippen molar-refractivity contribution in [2.75, 3.05) is 26.8 Å². The third kappa shape index (κ3) is 4.21. The molecule has 0 aliphatic heterocycles. The van der Waals surface area contributed by atoms with E-state index in [1.807, 2.05) is 20.8 Å². The summed E-state index contributed by atoms with van der Waals surface area (Å²) in [6, 6.07) is 0. The van der Waals surface area contributed by atoms with E-state index < -0.39 is 17.0 Å². The summed E-state index contributed by atoms with van der Waals surface area (Å²) in [5, 5.41) is 9.51. The Hall–Kier alpha value is -1.30. The smallest absolute Gasteiger partial charge is 0.410 e. The molecule has 1 amide bonds. The second kappa shape index (κ2) is 6.90. The highest BCUT2D eigenvalue weighted by molar-refractivity contribution is 5.75. The van der Waals surface area contributed by atoms with E-state index in [1.165, 1.54) is 0 Å². The number of fused-ring (bicyclic) bond motifs is 3. The maximum Gasteiger partial charge on any atom is 0.410 e. The van der Waals surface area contributed by atoms with E-state index in [1.54, 1.807) is 12.0 Å². The van der Waals surface area contributed by atoms with Crippen LogP contribution in [0.25, 0.3) is 0 Å².